The van der Waals surface area contributed by atoms with Gasteiger partial charge in [0.15, 0.2) is 0 Å². The molecule has 0 heterocycles. The van der Waals surface area contributed by atoms with Crippen molar-refractivity contribution < 1.29 is 37.2 Å². The molecule has 179 valence electrons. The molecule has 0 aliphatic carbocycles. The third-order valence-corrected chi connectivity index (χ3v) is 5.39. The molecular formula is C28H24CoN2O4. The Balaban J connectivity index is 0.00000342. The van der Waals surface area contributed by atoms with Gasteiger partial charge in [-0.05, 0) is 59.7 Å². The molecule has 2 atom stereocenters. The van der Waals surface area contributed by atoms with Crippen LogP contribution in [-0.2, 0) is 16.8 Å². The SMILES string of the molecule is Oc1ccc([C@@H](N=Cc2ccccc2O)[C@@H](N=Cc2ccccc2O)c2ccc(O)cc2)cc1.[Co]. The predicted octanol–water partition coefficient (Wildman–Crippen LogP) is 5.53. The molecule has 0 saturated carbocycles. The summed E-state index contributed by atoms with van der Waals surface area (Å²) in [7, 11) is 0. The first-order chi connectivity index (χ1) is 16.5. The van der Waals surface area contributed by atoms with E-state index in [9.17, 15) is 20.4 Å². The summed E-state index contributed by atoms with van der Waals surface area (Å²) in [6.07, 6.45) is 3.19. The van der Waals surface area contributed by atoms with E-state index >= 15 is 0 Å². The van der Waals surface area contributed by atoms with E-state index in [-0.39, 0.29) is 39.8 Å². The largest absolute Gasteiger partial charge is 0.508 e. The van der Waals surface area contributed by atoms with Crippen LogP contribution < -0.4 is 0 Å². The minimum atomic E-state index is -0.535. The molecule has 1 radical (unpaired) electrons. The van der Waals surface area contributed by atoms with E-state index in [1.54, 1.807) is 97.4 Å². The minimum absolute atomic E-state index is 0. The van der Waals surface area contributed by atoms with E-state index in [0.29, 0.717) is 11.1 Å². The molecule has 0 aromatic heterocycles. The van der Waals surface area contributed by atoms with Crippen molar-refractivity contribution in [2.45, 2.75) is 12.1 Å². The molecule has 4 aromatic carbocycles. The first kappa shape index (κ1) is 25.5. The van der Waals surface area contributed by atoms with Crippen LogP contribution in [-0.4, -0.2) is 32.9 Å². The van der Waals surface area contributed by atoms with Crippen LogP contribution in [0.3, 0.4) is 0 Å². The Morgan fingerprint density at radius 2 is 0.829 bits per heavy atom. The zero-order chi connectivity index (χ0) is 23.9. The van der Waals surface area contributed by atoms with Gasteiger partial charge in [0.1, 0.15) is 35.1 Å². The van der Waals surface area contributed by atoms with E-state index in [0.717, 1.165) is 11.1 Å². The number of rotatable bonds is 7. The normalized spacial score (nSPS) is 12.9. The fourth-order valence-corrected chi connectivity index (χ4v) is 3.56. The maximum atomic E-state index is 10.2. The van der Waals surface area contributed by atoms with Crippen LogP contribution in [0.2, 0.25) is 0 Å². The van der Waals surface area contributed by atoms with Crippen molar-refractivity contribution in [2.75, 3.05) is 0 Å². The number of nitrogens with zero attached hydrogens (tertiary/aromatic N) is 2. The van der Waals surface area contributed by atoms with Crippen LogP contribution in [0.25, 0.3) is 0 Å². The zero-order valence-electron chi connectivity index (χ0n) is 18.6. The number of para-hydroxylation sites is 2. The number of aliphatic imine (C=N–C) groups is 2. The second-order valence-electron chi connectivity index (χ2n) is 7.75. The van der Waals surface area contributed by atoms with Gasteiger partial charge in [0, 0.05) is 40.3 Å². The Kier molecular flexibility index (Phi) is 8.67. The van der Waals surface area contributed by atoms with E-state index in [1.165, 1.54) is 0 Å². The first-order valence-corrected chi connectivity index (χ1v) is 10.7. The van der Waals surface area contributed by atoms with Gasteiger partial charge in [0.05, 0.1) is 0 Å². The van der Waals surface area contributed by atoms with Crippen LogP contribution in [0.4, 0.5) is 0 Å². The molecule has 4 aromatic rings. The van der Waals surface area contributed by atoms with Crippen molar-refractivity contribution in [3.63, 3.8) is 0 Å². The van der Waals surface area contributed by atoms with Gasteiger partial charge in [-0.25, -0.2) is 0 Å². The van der Waals surface area contributed by atoms with Gasteiger partial charge in [-0.2, -0.15) is 0 Å². The maximum Gasteiger partial charge on any atom is 0.124 e. The molecule has 0 unspecified atom stereocenters. The fraction of sp³-hybridized carbons (Fsp3) is 0.0714. The predicted molar refractivity (Wildman–Crippen MR) is 133 cm³/mol. The average molecular weight is 511 g/mol. The number of phenolic OH excluding ortho intramolecular Hbond substituents is 4. The summed E-state index contributed by atoms with van der Waals surface area (Å²) in [5, 5.41) is 40.0. The Labute approximate surface area is 213 Å². The van der Waals surface area contributed by atoms with E-state index in [1.807, 2.05) is 12.1 Å². The minimum Gasteiger partial charge on any atom is -0.508 e. The second kappa shape index (κ2) is 11.9. The molecular weight excluding hydrogens is 487 g/mol. The number of hydrogen-bond acceptors (Lipinski definition) is 6. The quantitative estimate of drug-likeness (QED) is 0.245. The van der Waals surface area contributed by atoms with Crippen molar-refractivity contribution in [1.29, 1.82) is 0 Å². The van der Waals surface area contributed by atoms with Crippen molar-refractivity contribution in [2.24, 2.45) is 9.98 Å². The third-order valence-electron chi connectivity index (χ3n) is 5.39. The van der Waals surface area contributed by atoms with Gasteiger partial charge in [-0.3, -0.25) is 9.98 Å². The van der Waals surface area contributed by atoms with E-state index in [2.05, 4.69) is 0 Å². The number of aromatic hydroxyl groups is 4. The molecule has 0 spiro atoms. The van der Waals surface area contributed by atoms with Gasteiger partial charge in [0.25, 0.3) is 0 Å². The Morgan fingerprint density at radius 3 is 1.17 bits per heavy atom. The average Bonchev–Trinajstić information content (AvgIpc) is 2.84. The van der Waals surface area contributed by atoms with Crippen molar-refractivity contribution in [1.82, 2.24) is 0 Å². The molecule has 0 fully saturated rings. The van der Waals surface area contributed by atoms with Gasteiger partial charge in [0.2, 0.25) is 0 Å². The monoisotopic (exact) mass is 511 g/mol. The first-order valence-electron chi connectivity index (χ1n) is 10.7. The van der Waals surface area contributed by atoms with Crippen LogP contribution >= 0.6 is 0 Å². The van der Waals surface area contributed by atoms with Crippen molar-refractivity contribution >= 4 is 12.4 Å². The number of hydrogen-bond donors (Lipinski definition) is 4. The number of phenols is 4. The topological polar surface area (TPSA) is 106 Å². The summed E-state index contributed by atoms with van der Waals surface area (Å²) >= 11 is 0. The standard InChI is InChI=1S/C28H24N2O4.Co/c31-23-13-9-19(10-14-23)27(29-17-21-5-1-3-7-25(21)33)28(20-11-15-24(32)16-12-20)30-18-22-6-2-4-8-26(22)34;/h1-18,27-28,31-34H;/t27-,28+;. The molecule has 7 heteroatoms. The molecule has 0 saturated heterocycles. The molecule has 4 N–H and O–H groups in total. The Morgan fingerprint density at radius 1 is 0.486 bits per heavy atom. The van der Waals surface area contributed by atoms with Crippen LogP contribution in [0.15, 0.2) is 107 Å². The summed E-state index contributed by atoms with van der Waals surface area (Å²) in [6.45, 7) is 0. The third kappa shape index (κ3) is 6.50. The van der Waals surface area contributed by atoms with Gasteiger partial charge in [-0.15, -0.1) is 0 Å². The maximum absolute atomic E-state index is 10.2. The zero-order valence-corrected chi connectivity index (χ0v) is 19.6. The number of benzene rings is 4. The molecule has 35 heavy (non-hydrogen) atoms. The summed E-state index contributed by atoms with van der Waals surface area (Å²) in [6, 6.07) is 26.1. The summed E-state index contributed by atoms with van der Waals surface area (Å²) in [5.74, 6) is 0.473. The Bertz CT molecular complexity index is 1200. The van der Waals surface area contributed by atoms with E-state index < -0.39 is 12.1 Å². The summed E-state index contributed by atoms with van der Waals surface area (Å²) in [5.41, 5.74) is 2.69. The molecule has 0 aliphatic heterocycles. The molecule has 0 bridgehead atoms. The molecule has 4 rings (SSSR count). The summed E-state index contributed by atoms with van der Waals surface area (Å²) in [4.78, 5) is 9.57. The van der Waals surface area contributed by atoms with Gasteiger partial charge < -0.3 is 20.4 Å². The van der Waals surface area contributed by atoms with Gasteiger partial charge >= 0.3 is 0 Å². The molecule has 0 aliphatic rings. The molecule has 0 amide bonds. The van der Waals surface area contributed by atoms with Crippen molar-refractivity contribution in [3.8, 4) is 23.0 Å². The smallest absolute Gasteiger partial charge is 0.124 e. The Hall–Kier alpha value is -4.07. The van der Waals surface area contributed by atoms with Crippen LogP contribution in [0, 0.1) is 0 Å². The van der Waals surface area contributed by atoms with Crippen molar-refractivity contribution in [3.05, 3.63) is 119 Å². The molecule has 6 nitrogen and oxygen atoms in total. The van der Waals surface area contributed by atoms with Gasteiger partial charge in [-0.1, -0.05) is 48.5 Å². The van der Waals surface area contributed by atoms with Crippen LogP contribution in [0.1, 0.15) is 34.3 Å². The van der Waals surface area contributed by atoms with E-state index in [4.69, 9.17) is 9.98 Å². The summed E-state index contributed by atoms with van der Waals surface area (Å²) < 4.78 is 0. The van der Waals surface area contributed by atoms with Crippen LogP contribution in [0.5, 0.6) is 23.0 Å². The fourth-order valence-electron chi connectivity index (χ4n) is 3.56. The second-order valence-corrected chi connectivity index (χ2v) is 7.75.